The first kappa shape index (κ1) is 27.2. The van der Waals surface area contributed by atoms with E-state index in [4.69, 9.17) is 9.47 Å². The minimum atomic E-state index is -0.899. The van der Waals surface area contributed by atoms with E-state index in [0.29, 0.717) is 22.6 Å². The molecule has 1 heterocycles. The Balaban J connectivity index is 1.55. The van der Waals surface area contributed by atoms with Gasteiger partial charge in [0.25, 0.3) is 0 Å². The lowest BCUT2D eigenvalue weighted by molar-refractivity contribution is -0.142. The highest BCUT2D eigenvalue weighted by Gasteiger charge is 2.34. The number of nitrogens with one attached hydrogen (secondary N) is 1. The van der Waals surface area contributed by atoms with Gasteiger partial charge in [-0.1, -0.05) is 73.0 Å². The van der Waals surface area contributed by atoms with E-state index in [0.717, 1.165) is 36.8 Å². The fraction of sp³-hybridized carbons (Fsp3) is 0.355. The zero-order valence-electron chi connectivity index (χ0n) is 23.0. The van der Waals surface area contributed by atoms with Gasteiger partial charge in [-0.3, -0.25) is 9.59 Å². The van der Waals surface area contributed by atoms with Crippen molar-refractivity contribution in [1.82, 2.24) is 25.2 Å². The van der Waals surface area contributed by atoms with Crippen molar-refractivity contribution in [3.05, 3.63) is 83.9 Å². The molecular formula is C31H35N5O4. The van der Waals surface area contributed by atoms with Gasteiger partial charge >= 0.3 is 0 Å². The Morgan fingerprint density at radius 1 is 0.950 bits per heavy atom. The molecule has 1 aliphatic rings. The van der Waals surface area contributed by atoms with Crippen LogP contribution in [0.15, 0.2) is 72.8 Å². The predicted molar refractivity (Wildman–Crippen MR) is 152 cm³/mol. The third kappa shape index (κ3) is 6.09. The number of aromatic nitrogens is 3. The molecule has 0 bridgehead atoms. The fourth-order valence-electron chi connectivity index (χ4n) is 5.38. The molecule has 3 aromatic carbocycles. The van der Waals surface area contributed by atoms with Crippen molar-refractivity contribution in [2.75, 3.05) is 14.2 Å². The quantitative estimate of drug-likeness (QED) is 0.313. The summed E-state index contributed by atoms with van der Waals surface area (Å²) in [5.41, 5.74) is 3.01. The summed E-state index contributed by atoms with van der Waals surface area (Å²) in [5.74, 6) is 0.572. The molecule has 2 amide bonds. The molecule has 40 heavy (non-hydrogen) atoms. The molecule has 1 fully saturated rings. The van der Waals surface area contributed by atoms with Crippen LogP contribution in [-0.2, 0) is 22.7 Å². The number of para-hydroxylation sites is 1. The topological polar surface area (TPSA) is 98.6 Å². The van der Waals surface area contributed by atoms with Crippen LogP contribution in [0.2, 0.25) is 0 Å². The Bertz CT molecular complexity index is 1450. The SMILES string of the molecule is COc1ccc(C(C(=O)NC2CCCCC2)N(Cc2ccccc2)C(=O)Cn2nnc3ccccc32)cc1OC. The van der Waals surface area contributed by atoms with Gasteiger partial charge in [-0.15, -0.1) is 5.10 Å². The number of methoxy groups -OCH3 is 2. The summed E-state index contributed by atoms with van der Waals surface area (Å²) in [6.45, 7) is 0.178. The highest BCUT2D eigenvalue weighted by atomic mass is 16.5. The van der Waals surface area contributed by atoms with Crippen molar-refractivity contribution < 1.29 is 19.1 Å². The molecule has 1 atom stereocenters. The van der Waals surface area contributed by atoms with Gasteiger partial charge in [0, 0.05) is 12.6 Å². The van der Waals surface area contributed by atoms with Crippen molar-refractivity contribution in [2.45, 2.75) is 57.3 Å². The van der Waals surface area contributed by atoms with E-state index in [1.54, 1.807) is 35.9 Å². The number of rotatable bonds is 10. The molecule has 1 N–H and O–H groups in total. The van der Waals surface area contributed by atoms with Crippen LogP contribution in [0.3, 0.4) is 0 Å². The summed E-state index contributed by atoms with van der Waals surface area (Å²) in [7, 11) is 3.12. The molecular weight excluding hydrogens is 506 g/mol. The second-order valence-corrected chi connectivity index (χ2v) is 10.1. The van der Waals surface area contributed by atoms with Crippen LogP contribution < -0.4 is 14.8 Å². The summed E-state index contributed by atoms with van der Waals surface area (Å²) >= 11 is 0. The Hall–Kier alpha value is -4.40. The van der Waals surface area contributed by atoms with Crippen LogP contribution >= 0.6 is 0 Å². The van der Waals surface area contributed by atoms with E-state index in [9.17, 15) is 9.59 Å². The molecule has 0 spiro atoms. The number of benzene rings is 3. The van der Waals surface area contributed by atoms with Crippen molar-refractivity contribution in [1.29, 1.82) is 0 Å². The van der Waals surface area contributed by atoms with E-state index >= 15 is 0 Å². The number of ether oxygens (including phenoxy) is 2. The summed E-state index contributed by atoms with van der Waals surface area (Å²) in [6.07, 6.45) is 5.20. The lowest BCUT2D eigenvalue weighted by Crippen LogP contribution is -2.47. The zero-order chi connectivity index (χ0) is 27.9. The number of nitrogens with zero attached hydrogens (tertiary/aromatic N) is 4. The first-order chi connectivity index (χ1) is 19.6. The molecule has 0 radical (unpaired) electrons. The second kappa shape index (κ2) is 12.6. The van der Waals surface area contributed by atoms with Gasteiger partial charge in [-0.2, -0.15) is 0 Å². The van der Waals surface area contributed by atoms with E-state index < -0.39 is 6.04 Å². The first-order valence-electron chi connectivity index (χ1n) is 13.7. The number of hydrogen-bond acceptors (Lipinski definition) is 6. The third-order valence-electron chi connectivity index (χ3n) is 7.46. The highest BCUT2D eigenvalue weighted by molar-refractivity contribution is 5.89. The highest BCUT2D eigenvalue weighted by Crippen LogP contribution is 2.33. The van der Waals surface area contributed by atoms with E-state index in [-0.39, 0.29) is 30.9 Å². The predicted octanol–water partition coefficient (Wildman–Crippen LogP) is 4.67. The number of hydrogen-bond donors (Lipinski definition) is 1. The van der Waals surface area contributed by atoms with Crippen molar-refractivity contribution >= 4 is 22.8 Å². The van der Waals surface area contributed by atoms with E-state index in [1.807, 2.05) is 60.7 Å². The summed E-state index contributed by atoms with van der Waals surface area (Å²) in [5, 5.41) is 11.7. The van der Waals surface area contributed by atoms with Crippen LogP contribution in [0.5, 0.6) is 11.5 Å². The maximum absolute atomic E-state index is 14.1. The third-order valence-corrected chi connectivity index (χ3v) is 7.46. The summed E-state index contributed by atoms with van der Waals surface area (Å²) in [6, 6.07) is 21.7. The van der Waals surface area contributed by atoms with Crippen molar-refractivity contribution in [2.24, 2.45) is 0 Å². The van der Waals surface area contributed by atoms with Gasteiger partial charge in [0.15, 0.2) is 11.5 Å². The minimum Gasteiger partial charge on any atom is -0.493 e. The Morgan fingerprint density at radius 2 is 1.68 bits per heavy atom. The van der Waals surface area contributed by atoms with Crippen molar-refractivity contribution in [3.8, 4) is 11.5 Å². The lowest BCUT2D eigenvalue weighted by Gasteiger charge is -2.34. The molecule has 9 heteroatoms. The van der Waals surface area contributed by atoms with Crippen LogP contribution in [0.4, 0.5) is 0 Å². The number of amides is 2. The molecule has 0 aliphatic heterocycles. The van der Waals surface area contributed by atoms with Crippen LogP contribution in [-0.4, -0.2) is 52.0 Å². The smallest absolute Gasteiger partial charge is 0.247 e. The Kier molecular flexibility index (Phi) is 8.59. The average Bonchev–Trinajstić information content (AvgIpc) is 3.40. The van der Waals surface area contributed by atoms with E-state index in [1.165, 1.54) is 6.42 Å². The normalized spacial score (nSPS) is 14.4. The maximum Gasteiger partial charge on any atom is 0.247 e. The number of carbonyl (C=O) groups is 2. The molecule has 1 saturated carbocycles. The molecule has 0 saturated heterocycles. The molecule has 9 nitrogen and oxygen atoms in total. The van der Waals surface area contributed by atoms with E-state index in [2.05, 4.69) is 15.6 Å². The Morgan fingerprint density at radius 3 is 2.42 bits per heavy atom. The van der Waals surface area contributed by atoms with Crippen molar-refractivity contribution in [3.63, 3.8) is 0 Å². The van der Waals surface area contributed by atoms with Crippen LogP contribution in [0.25, 0.3) is 11.0 Å². The molecule has 4 aromatic rings. The second-order valence-electron chi connectivity index (χ2n) is 10.1. The summed E-state index contributed by atoms with van der Waals surface area (Å²) in [4.78, 5) is 29.9. The van der Waals surface area contributed by atoms with Gasteiger partial charge in [-0.25, -0.2) is 4.68 Å². The standard InChI is InChI=1S/C31H35N5O4/c1-39-27-18-17-23(19-28(27)40-2)30(31(38)32-24-13-7-4-8-14-24)35(20-22-11-5-3-6-12-22)29(37)21-36-26-16-10-9-15-25(26)33-34-36/h3,5-6,9-12,15-19,24,30H,4,7-8,13-14,20-21H2,1-2H3,(H,32,38). The van der Waals surface area contributed by atoms with Crippen LogP contribution in [0.1, 0.15) is 49.3 Å². The van der Waals surface area contributed by atoms with Crippen LogP contribution in [0, 0.1) is 0 Å². The number of carbonyl (C=O) groups excluding carboxylic acids is 2. The first-order valence-corrected chi connectivity index (χ1v) is 13.7. The Labute approximate surface area is 234 Å². The fourth-order valence-corrected chi connectivity index (χ4v) is 5.38. The molecule has 208 valence electrons. The lowest BCUT2D eigenvalue weighted by atomic mass is 9.94. The van der Waals surface area contributed by atoms with Gasteiger partial charge in [0.1, 0.15) is 18.1 Å². The molecule has 1 aromatic heterocycles. The maximum atomic E-state index is 14.1. The average molecular weight is 542 g/mol. The molecule has 1 unspecified atom stereocenters. The van der Waals surface area contributed by atoms with Gasteiger partial charge in [-0.05, 0) is 48.2 Å². The van der Waals surface area contributed by atoms with Gasteiger partial charge in [0.05, 0.1) is 19.7 Å². The van der Waals surface area contributed by atoms with Gasteiger partial charge in [0.2, 0.25) is 11.8 Å². The molecule has 5 rings (SSSR count). The largest absolute Gasteiger partial charge is 0.493 e. The molecule has 1 aliphatic carbocycles. The number of fused-ring (bicyclic) bond motifs is 1. The van der Waals surface area contributed by atoms with Gasteiger partial charge < -0.3 is 19.7 Å². The zero-order valence-corrected chi connectivity index (χ0v) is 23.0. The monoisotopic (exact) mass is 541 g/mol. The summed E-state index contributed by atoms with van der Waals surface area (Å²) < 4.78 is 12.6. The minimum absolute atomic E-state index is 0.0617.